The van der Waals surface area contributed by atoms with E-state index in [0.717, 1.165) is 10.0 Å². The van der Waals surface area contributed by atoms with Gasteiger partial charge in [-0.05, 0) is 86.3 Å². The fraction of sp³-hybridized carbons (Fsp3) is 0.160. The Morgan fingerprint density at radius 1 is 1.03 bits per heavy atom. The normalized spacial score (nSPS) is 11.7. The highest BCUT2D eigenvalue weighted by atomic mass is 79.9. The minimum absolute atomic E-state index is 0.364. The maximum Gasteiger partial charge on any atom is 0.262 e. The summed E-state index contributed by atoms with van der Waals surface area (Å²) in [5.41, 5.74) is 4.56. The standard InChI is InChI=1S/C25H22Br3N3O4/c1-15(30-25(33)19-5-3-4-6-20(19)27)24(32)31-29-13-17-11-21(28)23(22(12-17)34-2)35-14-16-7-9-18(26)10-8-16/h3-13,15H,14H2,1-2H3,(H,30,33)(H,31,32). The molecular formula is C25H22Br3N3O4. The number of amides is 2. The first-order valence-electron chi connectivity index (χ1n) is 10.4. The molecule has 0 aromatic heterocycles. The number of hydrazone groups is 1. The topological polar surface area (TPSA) is 89.0 Å². The highest BCUT2D eigenvalue weighted by molar-refractivity contribution is 9.11. The van der Waals surface area contributed by atoms with Gasteiger partial charge in [-0.2, -0.15) is 5.10 Å². The van der Waals surface area contributed by atoms with E-state index in [4.69, 9.17) is 9.47 Å². The molecule has 0 aliphatic carbocycles. The number of carbonyl (C=O) groups is 2. The first kappa shape index (κ1) is 26.9. The van der Waals surface area contributed by atoms with Crippen molar-refractivity contribution in [3.63, 3.8) is 0 Å². The van der Waals surface area contributed by atoms with Gasteiger partial charge in [0.1, 0.15) is 12.6 Å². The van der Waals surface area contributed by atoms with Crippen LogP contribution in [0.3, 0.4) is 0 Å². The van der Waals surface area contributed by atoms with Crippen LogP contribution in [-0.4, -0.2) is 31.2 Å². The van der Waals surface area contributed by atoms with Gasteiger partial charge in [0.25, 0.3) is 11.8 Å². The van der Waals surface area contributed by atoms with Gasteiger partial charge in [-0.1, -0.05) is 40.2 Å². The highest BCUT2D eigenvalue weighted by Crippen LogP contribution is 2.37. The average molecular weight is 668 g/mol. The van der Waals surface area contributed by atoms with Crippen molar-refractivity contribution in [1.82, 2.24) is 10.7 Å². The largest absolute Gasteiger partial charge is 0.493 e. The van der Waals surface area contributed by atoms with Crippen LogP contribution in [0.4, 0.5) is 0 Å². The number of methoxy groups -OCH3 is 1. The molecule has 182 valence electrons. The van der Waals surface area contributed by atoms with Crippen molar-refractivity contribution in [3.05, 3.63) is 90.8 Å². The van der Waals surface area contributed by atoms with Crippen LogP contribution in [0.1, 0.15) is 28.4 Å². The lowest BCUT2D eigenvalue weighted by Gasteiger charge is -2.14. The molecule has 0 radical (unpaired) electrons. The molecule has 0 spiro atoms. The third-order valence-electron chi connectivity index (χ3n) is 4.80. The molecule has 3 aromatic rings. The Balaban J connectivity index is 1.60. The Hall–Kier alpha value is -2.69. The first-order valence-corrected chi connectivity index (χ1v) is 12.8. The van der Waals surface area contributed by atoms with Crippen LogP contribution >= 0.6 is 47.8 Å². The van der Waals surface area contributed by atoms with Gasteiger partial charge in [-0.25, -0.2) is 5.43 Å². The van der Waals surface area contributed by atoms with Crippen LogP contribution in [0.25, 0.3) is 0 Å². The van der Waals surface area contributed by atoms with E-state index >= 15 is 0 Å². The van der Waals surface area contributed by atoms with E-state index in [9.17, 15) is 9.59 Å². The maximum absolute atomic E-state index is 12.4. The van der Waals surface area contributed by atoms with Crippen molar-refractivity contribution < 1.29 is 19.1 Å². The monoisotopic (exact) mass is 665 g/mol. The lowest BCUT2D eigenvalue weighted by atomic mass is 10.2. The molecule has 0 bridgehead atoms. The fourth-order valence-corrected chi connectivity index (χ4v) is 4.25. The Kier molecular flexibility index (Phi) is 9.88. The van der Waals surface area contributed by atoms with E-state index in [1.54, 1.807) is 50.4 Å². The molecule has 0 aliphatic heterocycles. The van der Waals surface area contributed by atoms with Crippen LogP contribution < -0.4 is 20.2 Å². The summed E-state index contributed by atoms with van der Waals surface area (Å²) >= 11 is 10.3. The highest BCUT2D eigenvalue weighted by Gasteiger charge is 2.18. The van der Waals surface area contributed by atoms with Gasteiger partial charge in [-0.3, -0.25) is 9.59 Å². The van der Waals surface area contributed by atoms with Crippen molar-refractivity contribution >= 4 is 65.8 Å². The Bertz CT molecular complexity index is 1230. The van der Waals surface area contributed by atoms with Gasteiger partial charge >= 0.3 is 0 Å². The third kappa shape index (κ3) is 7.65. The number of rotatable bonds is 9. The van der Waals surface area contributed by atoms with Gasteiger partial charge < -0.3 is 14.8 Å². The van der Waals surface area contributed by atoms with E-state index < -0.39 is 11.9 Å². The molecule has 0 aliphatic rings. The number of hydrogen-bond donors (Lipinski definition) is 2. The van der Waals surface area contributed by atoms with Crippen LogP contribution in [0.5, 0.6) is 11.5 Å². The zero-order valence-electron chi connectivity index (χ0n) is 18.8. The van der Waals surface area contributed by atoms with Crippen molar-refractivity contribution in [1.29, 1.82) is 0 Å². The second-order valence-corrected chi connectivity index (χ2v) is 9.98. The Morgan fingerprint density at radius 3 is 2.43 bits per heavy atom. The predicted molar refractivity (Wildman–Crippen MR) is 146 cm³/mol. The molecule has 2 amide bonds. The fourth-order valence-electron chi connectivity index (χ4n) is 2.94. The van der Waals surface area contributed by atoms with Crippen molar-refractivity contribution in [2.24, 2.45) is 5.10 Å². The van der Waals surface area contributed by atoms with Crippen molar-refractivity contribution in [3.8, 4) is 11.5 Å². The minimum Gasteiger partial charge on any atom is -0.493 e. The SMILES string of the molecule is COc1cc(C=NNC(=O)C(C)NC(=O)c2ccccc2Br)cc(Br)c1OCc1ccc(Br)cc1. The number of ether oxygens (including phenoxy) is 2. The summed E-state index contributed by atoms with van der Waals surface area (Å²) in [4.78, 5) is 24.7. The molecular weight excluding hydrogens is 646 g/mol. The first-order chi connectivity index (χ1) is 16.8. The molecule has 0 saturated carbocycles. The average Bonchev–Trinajstić information content (AvgIpc) is 2.84. The summed E-state index contributed by atoms with van der Waals surface area (Å²) in [7, 11) is 1.55. The van der Waals surface area contributed by atoms with Gasteiger partial charge in [0.15, 0.2) is 11.5 Å². The minimum atomic E-state index is -0.789. The molecule has 2 N–H and O–H groups in total. The van der Waals surface area contributed by atoms with Crippen LogP contribution in [-0.2, 0) is 11.4 Å². The Morgan fingerprint density at radius 2 is 1.74 bits per heavy atom. The molecule has 0 saturated heterocycles. The van der Waals surface area contributed by atoms with Crippen molar-refractivity contribution in [2.45, 2.75) is 19.6 Å². The van der Waals surface area contributed by atoms with Crippen molar-refractivity contribution in [2.75, 3.05) is 7.11 Å². The van der Waals surface area contributed by atoms with E-state index in [1.165, 1.54) is 6.21 Å². The predicted octanol–water partition coefficient (Wildman–Crippen LogP) is 5.83. The van der Waals surface area contributed by atoms with Gasteiger partial charge in [-0.15, -0.1) is 0 Å². The zero-order chi connectivity index (χ0) is 25.4. The number of carbonyl (C=O) groups excluding carboxylic acids is 2. The summed E-state index contributed by atoms with van der Waals surface area (Å²) < 4.78 is 13.7. The molecule has 0 heterocycles. The van der Waals surface area contributed by atoms with E-state index in [0.29, 0.717) is 38.2 Å². The third-order valence-corrected chi connectivity index (χ3v) is 6.61. The lowest BCUT2D eigenvalue weighted by molar-refractivity contribution is -0.122. The second kappa shape index (κ2) is 12.9. The Labute approximate surface area is 228 Å². The molecule has 1 atom stereocenters. The van der Waals surface area contributed by atoms with Crippen LogP contribution in [0.2, 0.25) is 0 Å². The summed E-state index contributed by atoms with van der Waals surface area (Å²) in [5, 5.41) is 6.65. The lowest BCUT2D eigenvalue weighted by Crippen LogP contribution is -2.43. The number of hydrogen-bond acceptors (Lipinski definition) is 5. The van der Waals surface area contributed by atoms with E-state index in [-0.39, 0.29) is 5.91 Å². The summed E-state index contributed by atoms with van der Waals surface area (Å²) in [6, 6.07) is 17.6. The van der Waals surface area contributed by atoms with Gasteiger partial charge in [0, 0.05) is 8.95 Å². The molecule has 35 heavy (non-hydrogen) atoms. The van der Waals surface area contributed by atoms with E-state index in [1.807, 2.05) is 24.3 Å². The van der Waals surface area contributed by atoms with Gasteiger partial charge in [0.2, 0.25) is 0 Å². The zero-order valence-corrected chi connectivity index (χ0v) is 23.6. The summed E-state index contributed by atoms with van der Waals surface area (Å²) in [5.74, 6) is 0.247. The molecule has 7 nitrogen and oxygen atoms in total. The number of nitrogens with one attached hydrogen (secondary N) is 2. The number of halogens is 3. The maximum atomic E-state index is 12.4. The smallest absolute Gasteiger partial charge is 0.262 e. The summed E-state index contributed by atoms with van der Waals surface area (Å²) in [6.07, 6.45) is 1.48. The van der Waals surface area contributed by atoms with Gasteiger partial charge in [0.05, 0.1) is 23.4 Å². The molecule has 3 rings (SSSR count). The molecule has 3 aromatic carbocycles. The quantitative estimate of drug-likeness (QED) is 0.222. The molecule has 0 fully saturated rings. The second-order valence-electron chi connectivity index (χ2n) is 7.36. The molecule has 1 unspecified atom stereocenters. The van der Waals surface area contributed by atoms with E-state index in [2.05, 4.69) is 63.6 Å². The summed E-state index contributed by atoms with van der Waals surface area (Å²) in [6.45, 7) is 1.95. The number of nitrogens with zero attached hydrogens (tertiary/aromatic N) is 1. The number of benzene rings is 3. The molecule has 10 heteroatoms. The van der Waals surface area contributed by atoms with Crippen LogP contribution in [0, 0.1) is 0 Å². The van der Waals surface area contributed by atoms with Crippen LogP contribution in [0.15, 0.2) is 79.2 Å².